The zero-order valence-corrected chi connectivity index (χ0v) is 18.0. The van der Waals surface area contributed by atoms with E-state index in [0.717, 1.165) is 23.3 Å². The van der Waals surface area contributed by atoms with Crippen molar-refractivity contribution in [3.8, 4) is 0 Å². The number of ether oxygens (including phenoxy) is 1. The molecule has 1 aliphatic heterocycles. The van der Waals surface area contributed by atoms with Crippen LogP contribution in [0.5, 0.6) is 0 Å². The smallest absolute Gasteiger partial charge is 0.378 e. The molecular weight excluding hydrogens is 407 g/mol. The normalized spacial score (nSPS) is 15.8. The number of likely N-dealkylation sites (N-methyl/N-ethyl adjacent to an activating group) is 1. The zero-order chi connectivity index (χ0) is 22.6. The molecule has 1 fully saturated rings. The van der Waals surface area contributed by atoms with Crippen molar-refractivity contribution in [3.05, 3.63) is 59.2 Å². The molecule has 0 aromatic heterocycles. The van der Waals surface area contributed by atoms with E-state index in [4.69, 9.17) is 4.74 Å². The number of amides is 1. The number of benzene rings is 2. The van der Waals surface area contributed by atoms with Gasteiger partial charge in [0, 0.05) is 19.6 Å². The molecule has 31 heavy (non-hydrogen) atoms. The Hall–Kier alpha value is -2.58. The van der Waals surface area contributed by atoms with E-state index in [1.165, 1.54) is 6.07 Å². The summed E-state index contributed by atoms with van der Waals surface area (Å²) in [6.45, 7) is 6.39. The van der Waals surface area contributed by atoms with E-state index < -0.39 is 17.8 Å². The number of nitrogens with zero attached hydrogens (tertiary/aromatic N) is 2. The van der Waals surface area contributed by atoms with Crippen LogP contribution in [0.3, 0.4) is 0 Å². The van der Waals surface area contributed by atoms with Gasteiger partial charge in [-0.05, 0) is 50.2 Å². The van der Waals surface area contributed by atoms with Crippen molar-refractivity contribution in [1.82, 2.24) is 4.90 Å². The summed E-state index contributed by atoms with van der Waals surface area (Å²) in [5.41, 5.74) is 2.16. The molecule has 8 heteroatoms. The van der Waals surface area contributed by atoms with Crippen LogP contribution in [0.1, 0.15) is 23.6 Å². The number of aryl methyl sites for hydroxylation is 1. The van der Waals surface area contributed by atoms with Crippen molar-refractivity contribution in [2.75, 3.05) is 43.6 Å². The van der Waals surface area contributed by atoms with E-state index in [1.54, 1.807) is 6.92 Å². The summed E-state index contributed by atoms with van der Waals surface area (Å²) in [5.74, 6) is -0.357. The molecule has 1 aliphatic rings. The Morgan fingerprint density at radius 2 is 1.87 bits per heavy atom. The fourth-order valence-electron chi connectivity index (χ4n) is 3.52. The molecule has 0 spiro atoms. The molecule has 0 radical (unpaired) electrons. The van der Waals surface area contributed by atoms with E-state index in [9.17, 15) is 18.0 Å². The van der Waals surface area contributed by atoms with Gasteiger partial charge in [0.2, 0.25) is 5.91 Å². The number of rotatable bonds is 6. The molecule has 1 atom stereocenters. The molecule has 0 unspecified atom stereocenters. The average molecular weight is 435 g/mol. The molecule has 2 aromatic rings. The lowest BCUT2D eigenvalue weighted by Gasteiger charge is -2.31. The van der Waals surface area contributed by atoms with Crippen LogP contribution in [-0.2, 0) is 22.3 Å². The highest BCUT2D eigenvalue weighted by Crippen LogP contribution is 2.36. The number of hydrogen-bond acceptors (Lipinski definition) is 4. The number of carbonyl (C=O) groups excluding carboxylic acids is 1. The lowest BCUT2D eigenvalue weighted by molar-refractivity contribution is -0.137. The third-order valence-electron chi connectivity index (χ3n) is 5.66. The fraction of sp³-hybridized carbons (Fsp3) is 0.435. The summed E-state index contributed by atoms with van der Waals surface area (Å²) in [6, 6.07) is 10.8. The first-order valence-electron chi connectivity index (χ1n) is 10.3. The van der Waals surface area contributed by atoms with Crippen LogP contribution in [-0.4, -0.2) is 50.2 Å². The molecule has 0 saturated carbocycles. The first-order chi connectivity index (χ1) is 14.7. The second-order valence-corrected chi connectivity index (χ2v) is 7.84. The number of anilines is 2. The van der Waals surface area contributed by atoms with Crippen LogP contribution in [0.25, 0.3) is 0 Å². The number of hydrogen-bond donors (Lipinski definition) is 1. The first-order valence-corrected chi connectivity index (χ1v) is 10.3. The molecule has 0 aliphatic carbocycles. The maximum atomic E-state index is 13.3. The van der Waals surface area contributed by atoms with Crippen LogP contribution >= 0.6 is 0 Å². The summed E-state index contributed by atoms with van der Waals surface area (Å²) in [5, 5.41) is 2.74. The molecule has 0 bridgehead atoms. The number of carbonyl (C=O) groups is 1. The van der Waals surface area contributed by atoms with E-state index in [-0.39, 0.29) is 11.6 Å². The highest BCUT2D eigenvalue weighted by molar-refractivity contribution is 5.97. The van der Waals surface area contributed by atoms with Gasteiger partial charge in [-0.3, -0.25) is 9.69 Å². The lowest BCUT2D eigenvalue weighted by Crippen LogP contribution is -2.40. The van der Waals surface area contributed by atoms with E-state index in [1.807, 2.05) is 48.0 Å². The standard InChI is InChI=1S/C23H28F3N3O2/c1-16-6-4-5-7-18(16)15-28(3)17(2)22(30)27-20-14-19(23(24,25)26)8-9-21(20)29-10-12-31-13-11-29/h4-9,14,17H,10-13,15H2,1-3H3,(H,27,30)/t17-/m0/s1. The molecule has 5 nitrogen and oxygen atoms in total. The Morgan fingerprint density at radius 1 is 1.19 bits per heavy atom. The third-order valence-corrected chi connectivity index (χ3v) is 5.66. The van der Waals surface area contributed by atoms with Crippen LogP contribution in [0, 0.1) is 6.92 Å². The van der Waals surface area contributed by atoms with Gasteiger partial charge >= 0.3 is 6.18 Å². The molecule has 1 heterocycles. The predicted octanol–water partition coefficient (Wildman–Crippen LogP) is 4.31. The van der Waals surface area contributed by atoms with E-state index in [0.29, 0.717) is 38.5 Å². The van der Waals surface area contributed by atoms with Gasteiger partial charge < -0.3 is 15.0 Å². The van der Waals surface area contributed by atoms with Crippen LogP contribution in [0.2, 0.25) is 0 Å². The minimum absolute atomic E-state index is 0.165. The van der Waals surface area contributed by atoms with Crippen molar-refractivity contribution < 1.29 is 22.7 Å². The number of halogens is 3. The SMILES string of the molecule is Cc1ccccc1CN(C)[C@@H](C)C(=O)Nc1cc(C(F)(F)F)ccc1N1CCOCC1. The minimum atomic E-state index is -4.49. The summed E-state index contributed by atoms with van der Waals surface area (Å²) >= 11 is 0. The molecule has 3 rings (SSSR count). The second-order valence-electron chi connectivity index (χ2n) is 7.84. The van der Waals surface area contributed by atoms with Gasteiger partial charge in [0.25, 0.3) is 0 Å². The average Bonchev–Trinajstić information content (AvgIpc) is 2.74. The summed E-state index contributed by atoms with van der Waals surface area (Å²) in [6.07, 6.45) is -4.49. The van der Waals surface area contributed by atoms with Crippen molar-refractivity contribution in [2.24, 2.45) is 0 Å². The van der Waals surface area contributed by atoms with Gasteiger partial charge in [-0.15, -0.1) is 0 Å². The highest BCUT2D eigenvalue weighted by Gasteiger charge is 2.32. The van der Waals surface area contributed by atoms with Gasteiger partial charge in [0.05, 0.1) is 36.2 Å². The lowest BCUT2D eigenvalue weighted by atomic mass is 10.1. The Labute approximate surface area is 180 Å². The Balaban J connectivity index is 1.80. The predicted molar refractivity (Wildman–Crippen MR) is 115 cm³/mol. The molecule has 2 aromatic carbocycles. The number of alkyl halides is 3. The van der Waals surface area contributed by atoms with E-state index in [2.05, 4.69) is 5.32 Å². The molecule has 168 valence electrons. The Bertz CT molecular complexity index is 911. The summed E-state index contributed by atoms with van der Waals surface area (Å²) in [7, 11) is 1.83. The fourth-order valence-corrected chi connectivity index (χ4v) is 3.52. The van der Waals surface area contributed by atoms with Gasteiger partial charge in [0.1, 0.15) is 0 Å². The van der Waals surface area contributed by atoms with Crippen LogP contribution in [0.4, 0.5) is 24.5 Å². The Kier molecular flexibility index (Phi) is 7.23. The van der Waals surface area contributed by atoms with Crippen LogP contribution < -0.4 is 10.2 Å². The van der Waals surface area contributed by atoms with Crippen molar-refractivity contribution >= 4 is 17.3 Å². The first kappa shape index (κ1) is 23.1. The molecule has 1 N–H and O–H groups in total. The molecule has 1 amide bonds. The largest absolute Gasteiger partial charge is 0.416 e. The zero-order valence-electron chi connectivity index (χ0n) is 18.0. The monoisotopic (exact) mass is 435 g/mol. The summed E-state index contributed by atoms with van der Waals surface area (Å²) in [4.78, 5) is 16.8. The summed E-state index contributed by atoms with van der Waals surface area (Å²) < 4.78 is 45.2. The van der Waals surface area contributed by atoms with Gasteiger partial charge in [-0.2, -0.15) is 13.2 Å². The van der Waals surface area contributed by atoms with Gasteiger partial charge in [-0.25, -0.2) is 0 Å². The quantitative estimate of drug-likeness (QED) is 0.735. The number of morpholine rings is 1. The highest BCUT2D eigenvalue weighted by atomic mass is 19.4. The van der Waals surface area contributed by atoms with Crippen molar-refractivity contribution in [1.29, 1.82) is 0 Å². The van der Waals surface area contributed by atoms with Crippen molar-refractivity contribution in [3.63, 3.8) is 0 Å². The number of nitrogens with one attached hydrogen (secondary N) is 1. The molecule has 1 saturated heterocycles. The van der Waals surface area contributed by atoms with E-state index >= 15 is 0 Å². The van der Waals surface area contributed by atoms with Crippen molar-refractivity contribution in [2.45, 2.75) is 32.6 Å². The maximum Gasteiger partial charge on any atom is 0.416 e. The van der Waals surface area contributed by atoms with Gasteiger partial charge in [0.15, 0.2) is 0 Å². The molecular formula is C23H28F3N3O2. The minimum Gasteiger partial charge on any atom is -0.378 e. The maximum absolute atomic E-state index is 13.3. The second kappa shape index (κ2) is 9.70. The third kappa shape index (κ3) is 5.77. The Morgan fingerprint density at radius 3 is 2.52 bits per heavy atom. The topological polar surface area (TPSA) is 44.8 Å². The van der Waals surface area contributed by atoms with Gasteiger partial charge in [-0.1, -0.05) is 24.3 Å². The van der Waals surface area contributed by atoms with Crippen LogP contribution in [0.15, 0.2) is 42.5 Å².